The molecule has 1 aliphatic heterocycles. The molecule has 1 aliphatic rings. The lowest BCUT2D eigenvalue weighted by molar-refractivity contribution is -0.116. The van der Waals surface area contributed by atoms with Gasteiger partial charge in [0.15, 0.2) is 16.7 Å². The Morgan fingerprint density at radius 2 is 2.00 bits per heavy atom. The van der Waals surface area contributed by atoms with E-state index in [-0.39, 0.29) is 29.6 Å². The Morgan fingerprint density at radius 1 is 1.26 bits per heavy atom. The topological polar surface area (TPSA) is 93.5 Å². The largest absolute Gasteiger partial charge is 0.504 e. The SMILES string of the molecule is COc1cc([C@H]2CC(=O)Nc3c2c(=O)nc(SCc2ccc(F)cc2)n3C)ccc1O. The molecule has 0 fully saturated rings. The van der Waals surface area contributed by atoms with Crippen LogP contribution >= 0.6 is 11.8 Å². The van der Waals surface area contributed by atoms with Crippen LogP contribution in [-0.2, 0) is 17.6 Å². The molecule has 0 bridgehead atoms. The van der Waals surface area contributed by atoms with Crippen LogP contribution in [0.1, 0.15) is 29.0 Å². The van der Waals surface area contributed by atoms with Crippen molar-refractivity contribution >= 4 is 23.5 Å². The Balaban J connectivity index is 1.71. The van der Waals surface area contributed by atoms with E-state index in [1.165, 1.54) is 37.1 Å². The Bertz CT molecular complexity index is 1210. The van der Waals surface area contributed by atoms with E-state index in [9.17, 15) is 19.1 Å². The Labute approximate surface area is 181 Å². The van der Waals surface area contributed by atoms with Crippen molar-refractivity contribution in [3.8, 4) is 11.5 Å². The standard InChI is InChI=1S/C22H20FN3O4S/c1-26-20-19(21(29)25-22(26)31-11-12-3-6-14(23)7-4-12)15(10-18(28)24-20)13-5-8-16(27)17(9-13)30-2/h3-9,15,27H,10-11H2,1-2H3,(H,24,28)/t15-/m1/s1. The molecular formula is C22H20FN3O4S. The Hall–Kier alpha value is -3.33. The van der Waals surface area contributed by atoms with Gasteiger partial charge in [-0.25, -0.2) is 4.39 Å². The summed E-state index contributed by atoms with van der Waals surface area (Å²) in [6.07, 6.45) is 0.0833. The van der Waals surface area contributed by atoms with Gasteiger partial charge in [0.05, 0.1) is 12.7 Å². The molecule has 2 aromatic carbocycles. The van der Waals surface area contributed by atoms with Crippen molar-refractivity contribution in [3.05, 3.63) is 75.3 Å². The van der Waals surface area contributed by atoms with E-state index in [1.54, 1.807) is 35.9 Å². The molecule has 7 nitrogen and oxygen atoms in total. The molecule has 4 rings (SSSR count). The van der Waals surface area contributed by atoms with E-state index in [2.05, 4.69) is 10.3 Å². The van der Waals surface area contributed by atoms with E-state index in [1.807, 2.05) is 0 Å². The summed E-state index contributed by atoms with van der Waals surface area (Å²) in [5.74, 6) is 0.0845. The van der Waals surface area contributed by atoms with Gasteiger partial charge in [-0.15, -0.1) is 0 Å². The van der Waals surface area contributed by atoms with E-state index >= 15 is 0 Å². The van der Waals surface area contributed by atoms with Gasteiger partial charge < -0.3 is 19.7 Å². The lowest BCUT2D eigenvalue weighted by Gasteiger charge is -2.27. The Kier molecular flexibility index (Phi) is 5.69. The number of rotatable bonds is 5. The minimum atomic E-state index is -0.513. The molecule has 2 heterocycles. The van der Waals surface area contributed by atoms with Crippen LogP contribution < -0.4 is 15.6 Å². The summed E-state index contributed by atoms with van der Waals surface area (Å²) in [4.78, 5) is 29.7. The number of benzene rings is 2. The number of fused-ring (bicyclic) bond motifs is 1. The minimum Gasteiger partial charge on any atom is -0.504 e. The Morgan fingerprint density at radius 3 is 2.71 bits per heavy atom. The van der Waals surface area contributed by atoms with Gasteiger partial charge in [0.2, 0.25) is 5.91 Å². The molecule has 2 N–H and O–H groups in total. The third-order valence-electron chi connectivity index (χ3n) is 5.19. The maximum Gasteiger partial charge on any atom is 0.279 e. The maximum absolute atomic E-state index is 13.1. The molecule has 9 heteroatoms. The number of aromatic nitrogens is 2. The predicted octanol–water partition coefficient (Wildman–Crippen LogP) is 3.40. The molecule has 0 saturated carbocycles. The fourth-order valence-corrected chi connectivity index (χ4v) is 4.51. The number of aromatic hydroxyl groups is 1. The quantitative estimate of drug-likeness (QED) is 0.466. The third kappa shape index (κ3) is 4.13. The average Bonchev–Trinajstić information content (AvgIpc) is 2.76. The van der Waals surface area contributed by atoms with Crippen LogP contribution in [0.5, 0.6) is 11.5 Å². The number of nitrogens with zero attached hydrogens (tertiary/aromatic N) is 2. The van der Waals surface area contributed by atoms with Gasteiger partial charge in [0.1, 0.15) is 11.6 Å². The number of halogens is 1. The molecule has 0 aliphatic carbocycles. The van der Waals surface area contributed by atoms with Crippen molar-refractivity contribution in [2.24, 2.45) is 7.05 Å². The van der Waals surface area contributed by atoms with Crippen LogP contribution in [0, 0.1) is 5.82 Å². The second kappa shape index (κ2) is 8.43. The van der Waals surface area contributed by atoms with Crippen LogP contribution in [0.25, 0.3) is 0 Å². The van der Waals surface area contributed by atoms with Crippen molar-refractivity contribution in [1.82, 2.24) is 9.55 Å². The molecule has 0 unspecified atom stereocenters. The van der Waals surface area contributed by atoms with Gasteiger partial charge in [0.25, 0.3) is 5.56 Å². The minimum absolute atomic E-state index is 0.0229. The molecular weight excluding hydrogens is 421 g/mol. The van der Waals surface area contributed by atoms with Crippen LogP contribution in [0.15, 0.2) is 52.4 Å². The fraction of sp³-hybridized carbons (Fsp3) is 0.227. The number of carbonyl (C=O) groups excluding carboxylic acids is 1. The van der Waals surface area contributed by atoms with Crippen LogP contribution in [-0.4, -0.2) is 27.7 Å². The highest BCUT2D eigenvalue weighted by atomic mass is 32.2. The summed E-state index contributed by atoms with van der Waals surface area (Å²) in [5, 5.41) is 13.1. The highest BCUT2D eigenvalue weighted by Crippen LogP contribution is 2.39. The summed E-state index contributed by atoms with van der Waals surface area (Å²) >= 11 is 1.32. The number of anilines is 1. The smallest absolute Gasteiger partial charge is 0.279 e. The number of hydrogen-bond acceptors (Lipinski definition) is 6. The highest BCUT2D eigenvalue weighted by Gasteiger charge is 2.32. The van der Waals surface area contributed by atoms with E-state index in [0.717, 1.165) is 5.56 Å². The number of ether oxygens (including phenoxy) is 1. The molecule has 3 aromatic rings. The maximum atomic E-state index is 13.1. The number of methoxy groups -OCH3 is 1. The van der Waals surface area contributed by atoms with Crippen molar-refractivity contribution in [2.45, 2.75) is 23.2 Å². The van der Waals surface area contributed by atoms with Crippen LogP contribution in [0.3, 0.4) is 0 Å². The number of hydrogen-bond donors (Lipinski definition) is 2. The average molecular weight is 441 g/mol. The zero-order valence-corrected chi connectivity index (χ0v) is 17.7. The molecule has 160 valence electrons. The van der Waals surface area contributed by atoms with Gasteiger partial charge in [-0.05, 0) is 35.4 Å². The number of nitrogens with one attached hydrogen (secondary N) is 1. The molecule has 1 aromatic heterocycles. The summed E-state index contributed by atoms with van der Waals surface area (Å²) in [7, 11) is 3.17. The molecule has 0 spiro atoms. The first-order chi connectivity index (χ1) is 14.9. The number of carbonyl (C=O) groups is 1. The van der Waals surface area contributed by atoms with Gasteiger partial charge in [-0.3, -0.25) is 9.59 Å². The molecule has 1 amide bonds. The normalized spacial score (nSPS) is 15.3. The lowest BCUT2D eigenvalue weighted by atomic mass is 9.86. The van der Waals surface area contributed by atoms with Crippen LogP contribution in [0.4, 0.5) is 10.2 Å². The van der Waals surface area contributed by atoms with Gasteiger partial charge in [-0.1, -0.05) is 30.0 Å². The highest BCUT2D eigenvalue weighted by molar-refractivity contribution is 7.98. The predicted molar refractivity (Wildman–Crippen MR) is 115 cm³/mol. The number of phenolic OH excluding ortho intramolecular Hbond substituents is 1. The van der Waals surface area contributed by atoms with E-state index in [0.29, 0.717) is 27.9 Å². The summed E-state index contributed by atoms with van der Waals surface area (Å²) in [6, 6.07) is 10.9. The zero-order valence-electron chi connectivity index (χ0n) is 16.9. The molecule has 0 saturated heterocycles. The molecule has 0 radical (unpaired) electrons. The number of amides is 1. The van der Waals surface area contributed by atoms with Crippen molar-refractivity contribution in [2.75, 3.05) is 12.4 Å². The van der Waals surface area contributed by atoms with Gasteiger partial charge >= 0.3 is 0 Å². The summed E-state index contributed by atoms with van der Waals surface area (Å²) < 4.78 is 20.0. The number of phenols is 1. The fourth-order valence-electron chi connectivity index (χ4n) is 3.59. The second-order valence-electron chi connectivity index (χ2n) is 7.17. The zero-order chi connectivity index (χ0) is 22.1. The van der Waals surface area contributed by atoms with Crippen molar-refractivity contribution < 1.29 is 19.0 Å². The van der Waals surface area contributed by atoms with Gasteiger partial charge in [0, 0.05) is 25.1 Å². The monoisotopic (exact) mass is 441 g/mol. The third-order valence-corrected chi connectivity index (χ3v) is 6.29. The van der Waals surface area contributed by atoms with Crippen molar-refractivity contribution in [1.29, 1.82) is 0 Å². The first-order valence-corrected chi connectivity index (χ1v) is 10.5. The van der Waals surface area contributed by atoms with Gasteiger partial charge in [-0.2, -0.15) is 4.98 Å². The van der Waals surface area contributed by atoms with E-state index in [4.69, 9.17) is 4.74 Å². The summed E-state index contributed by atoms with van der Waals surface area (Å²) in [6.45, 7) is 0. The first kappa shape index (κ1) is 20.9. The lowest BCUT2D eigenvalue weighted by Crippen LogP contribution is -2.33. The first-order valence-electron chi connectivity index (χ1n) is 9.52. The van der Waals surface area contributed by atoms with Crippen molar-refractivity contribution in [3.63, 3.8) is 0 Å². The molecule has 31 heavy (non-hydrogen) atoms. The second-order valence-corrected chi connectivity index (χ2v) is 8.11. The summed E-state index contributed by atoms with van der Waals surface area (Å²) in [5.41, 5.74) is 1.53. The number of thioether (sulfide) groups is 1. The molecule has 1 atom stereocenters. The van der Waals surface area contributed by atoms with E-state index < -0.39 is 11.5 Å². The van der Waals surface area contributed by atoms with Crippen LogP contribution in [0.2, 0.25) is 0 Å².